The normalized spacial score (nSPS) is 24.5. The lowest BCUT2D eigenvalue weighted by molar-refractivity contribution is 0.124. The number of benzene rings is 6. The van der Waals surface area contributed by atoms with Gasteiger partial charge in [0.05, 0.1) is 11.4 Å². The molecule has 4 heterocycles. The Hall–Kier alpha value is -5.32. The van der Waals surface area contributed by atoms with Gasteiger partial charge >= 0.3 is 0 Å². The van der Waals surface area contributed by atoms with Gasteiger partial charge in [-0.25, -0.2) is 0 Å². The SMILES string of the molecule is Cc1cc2c3c4c1C1(C)c5cc6ccccc6cc5-c5cccc(c51)N4c1cc4c(cc1B3c1sc3c(c1N2c1ccc2c(c1)C(C)(C)CCC2(C)C)C=C1C(C3)C(C)(C)CCC1(C)C)C(C)(C)CCC4(C)C. The molecule has 368 valence electrons. The average molecular weight is 973 g/mol. The Morgan fingerprint density at radius 2 is 1.16 bits per heavy atom. The van der Waals surface area contributed by atoms with Crippen LogP contribution in [-0.4, -0.2) is 6.71 Å². The molecule has 0 spiro atoms. The van der Waals surface area contributed by atoms with Crippen LogP contribution in [0.2, 0.25) is 0 Å². The summed E-state index contributed by atoms with van der Waals surface area (Å²) in [5.41, 5.74) is 29.6. The first-order valence-electron chi connectivity index (χ1n) is 28.1. The van der Waals surface area contributed by atoms with E-state index in [1.54, 1.807) is 20.8 Å². The van der Waals surface area contributed by atoms with E-state index in [2.05, 4.69) is 215 Å². The van der Waals surface area contributed by atoms with Gasteiger partial charge in [-0.05, 0) is 217 Å². The first kappa shape index (κ1) is 45.1. The number of hydrogen-bond acceptors (Lipinski definition) is 3. The molecule has 1 aromatic heterocycles. The molecule has 0 radical (unpaired) electrons. The molecule has 0 saturated heterocycles. The van der Waals surface area contributed by atoms with Crippen LogP contribution < -0.4 is 25.5 Å². The average Bonchev–Trinajstić information content (AvgIpc) is 3.85. The molecule has 6 aromatic carbocycles. The third-order valence-corrected chi connectivity index (χ3v) is 22.9. The van der Waals surface area contributed by atoms with Gasteiger partial charge in [0, 0.05) is 43.4 Å². The van der Waals surface area contributed by atoms with E-state index in [0.717, 1.165) is 6.42 Å². The van der Waals surface area contributed by atoms with Crippen molar-refractivity contribution in [1.82, 2.24) is 0 Å². The molecule has 4 heteroatoms. The highest BCUT2D eigenvalue weighted by Crippen LogP contribution is 2.66. The minimum absolute atomic E-state index is 0.0630. The van der Waals surface area contributed by atoms with Gasteiger partial charge in [-0.3, -0.25) is 0 Å². The second-order valence-corrected chi connectivity index (χ2v) is 29.8. The summed E-state index contributed by atoms with van der Waals surface area (Å²) in [6.45, 7) is 35.5. The standard InChI is InChI=1S/C69H73BN2S/c1-38-30-55-59-61-57(38)69(14)46-32-40-19-16-15-18-39(40)31-43(46)42-20-17-21-53(58(42)69)72(61)54-36-50-49(66(8,9)27-28-67(50,10)11)35-52(54)70(59)62-60(44-34-48-51(37-56(44)73-62)68(12,13)29-26-65(48,6)7)71(55)41-22-23-45-47(33-41)64(4,5)25-24-63(45,2)3/h15-23,30-36,51H,24-29,37H2,1-14H3. The van der Waals surface area contributed by atoms with Crippen LogP contribution in [-0.2, 0) is 33.5 Å². The largest absolute Gasteiger partial charge is 0.311 e. The molecule has 7 aromatic rings. The smallest absolute Gasteiger partial charge is 0.264 e. The zero-order chi connectivity index (χ0) is 50.6. The molecule has 73 heavy (non-hydrogen) atoms. The van der Waals surface area contributed by atoms with Gasteiger partial charge in [0.2, 0.25) is 0 Å². The van der Waals surface area contributed by atoms with Crippen molar-refractivity contribution in [2.24, 2.45) is 16.7 Å². The lowest BCUT2D eigenvalue weighted by Crippen LogP contribution is -2.62. The van der Waals surface area contributed by atoms with Crippen LogP contribution in [0.15, 0.2) is 96.6 Å². The number of allylic oxidation sites excluding steroid dienone is 1. The Balaban J connectivity index is 1.10. The Labute approximate surface area is 440 Å². The van der Waals surface area contributed by atoms with E-state index >= 15 is 0 Å². The van der Waals surface area contributed by atoms with Crippen LogP contribution in [0.1, 0.15) is 183 Å². The Bertz CT molecular complexity index is 3740. The maximum Gasteiger partial charge on any atom is 0.264 e. The van der Waals surface area contributed by atoms with Crippen LogP contribution in [0, 0.1) is 23.7 Å². The van der Waals surface area contributed by atoms with Crippen molar-refractivity contribution in [3.05, 3.63) is 152 Å². The zero-order valence-corrected chi connectivity index (χ0v) is 47.0. The monoisotopic (exact) mass is 973 g/mol. The van der Waals surface area contributed by atoms with Gasteiger partial charge in [-0.1, -0.05) is 143 Å². The summed E-state index contributed by atoms with van der Waals surface area (Å²) < 4.78 is 1.54. The van der Waals surface area contributed by atoms with Gasteiger partial charge in [-0.15, -0.1) is 0 Å². The lowest BCUT2D eigenvalue weighted by atomic mass is 9.35. The number of rotatable bonds is 1. The van der Waals surface area contributed by atoms with E-state index in [1.165, 1.54) is 150 Å². The molecular formula is C69H73BN2S. The number of nitrogens with zero attached hydrogens (tertiary/aromatic N) is 2. The molecule has 2 unspecified atom stereocenters. The summed E-state index contributed by atoms with van der Waals surface area (Å²) in [6, 6.07) is 37.3. The fourth-order valence-corrected chi connectivity index (χ4v) is 18.4. The summed E-state index contributed by atoms with van der Waals surface area (Å²) in [5.74, 6) is 0.537. The van der Waals surface area contributed by atoms with Crippen molar-refractivity contribution >= 4 is 84.7 Å². The number of hydrogen-bond donors (Lipinski definition) is 0. The van der Waals surface area contributed by atoms with Crippen molar-refractivity contribution in [2.45, 2.75) is 169 Å². The molecule has 2 atom stereocenters. The predicted octanol–water partition coefficient (Wildman–Crippen LogP) is 17.0. The third kappa shape index (κ3) is 5.58. The van der Waals surface area contributed by atoms with Crippen molar-refractivity contribution in [3.63, 3.8) is 0 Å². The van der Waals surface area contributed by atoms with E-state index in [0.29, 0.717) is 5.92 Å². The fraction of sp³-hybridized carbons (Fsp3) is 0.420. The quantitative estimate of drug-likeness (QED) is 0.151. The van der Waals surface area contributed by atoms with E-state index in [-0.39, 0.29) is 44.6 Å². The maximum absolute atomic E-state index is 2.83. The molecule has 0 amide bonds. The summed E-state index contributed by atoms with van der Waals surface area (Å²) in [7, 11) is 0. The van der Waals surface area contributed by atoms with E-state index < -0.39 is 0 Å². The topological polar surface area (TPSA) is 6.48 Å². The zero-order valence-electron chi connectivity index (χ0n) is 46.1. The number of fused-ring (bicyclic) bond motifs is 16. The Kier molecular flexibility index (Phi) is 8.49. The minimum atomic E-state index is -0.355. The molecule has 3 aliphatic heterocycles. The van der Waals surface area contributed by atoms with E-state index in [1.807, 2.05) is 0 Å². The number of aryl methyl sites for hydroxylation is 1. The summed E-state index contributed by atoms with van der Waals surface area (Å²) in [6.07, 6.45) is 11.2. The molecule has 1 fully saturated rings. The van der Waals surface area contributed by atoms with Crippen LogP contribution in [0.4, 0.5) is 34.1 Å². The number of anilines is 6. The second-order valence-electron chi connectivity index (χ2n) is 28.6. The van der Waals surface area contributed by atoms with Gasteiger partial charge < -0.3 is 9.80 Å². The van der Waals surface area contributed by atoms with Crippen molar-refractivity contribution in [3.8, 4) is 11.1 Å². The van der Waals surface area contributed by atoms with Gasteiger partial charge in [0.15, 0.2) is 0 Å². The molecule has 0 bridgehead atoms. The third-order valence-electron chi connectivity index (χ3n) is 21.6. The molecule has 2 nitrogen and oxygen atoms in total. The maximum atomic E-state index is 2.83. The van der Waals surface area contributed by atoms with Crippen molar-refractivity contribution < 1.29 is 0 Å². The molecule has 1 saturated carbocycles. The Morgan fingerprint density at radius 1 is 0.521 bits per heavy atom. The Morgan fingerprint density at radius 3 is 1.88 bits per heavy atom. The van der Waals surface area contributed by atoms with Crippen LogP contribution in [0.25, 0.3) is 28.0 Å². The molecular weight excluding hydrogens is 900 g/mol. The van der Waals surface area contributed by atoms with Crippen LogP contribution >= 0.6 is 11.3 Å². The fourth-order valence-electron chi connectivity index (χ4n) is 16.9. The van der Waals surface area contributed by atoms with E-state index in [4.69, 9.17) is 0 Å². The summed E-state index contributed by atoms with van der Waals surface area (Å²) in [4.78, 5) is 7.25. The van der Waals surface area contributed by atoms with Gasteiger partial charge in [0.1, 0.15) is 0 Å². The van der Waals surface area contributed by atoms with Gasteiger partial charge in [0.25, 0.3) is 6.71 Å². The highest BCUT2D eigenvalue weighted by Gasteiger charge is 2.57. The van der Waals surface area contributed by atoms with Crippen molar-refractivity contribution in [1.29, 1.82) is 0 Å². The van der Waals surface area contributed by atoms with Crippen LogP contribution in [0.3, 0.4) is 0 Å². The summed E-state index contributed by atoms with van der Waals surface area (Å²) >= 11 is 2.18. The lowest BCUT2D eigenvalue weighted by Gasteiger charge is -2.52. The molecule has 8 aliphatic rings. The highest BCUT2D eigenvalue weighted by molar-refractivity contribution is 7.29. The van der Waals surface area contributed by atoms with Crippen molar-refractivity contribution in [2.75, 3.05) is 9.80 Å². The number of thiophene rings is 1. The first-order chi connectivity index (χ1) is 34.4. The molecule has 0 N–H and O–H groups in total. The highest BCUT2D eigenvalue weighted by atomic mass is 32.1. The minimum Gasteiger partial charge on any atom is -0.311 e. The summed E-state index contributed by atoms with van der Waals surface area (Å²) in [5, 5.41) is 2.64. The van der Waals surface area contributed by atoms with Crippen LogP contribution in [0.5, 0.6) is 0 Å². The molecule has 5 aliphatic carbocycles. The molecule has 15 rings (SSSR count). The first-order valence-corrected chi connectivity index (χ1v) is 28.9. The van der Waals surface area contributed by atoms with E-state index in [9.17, 15) is 0 Å². The van der Waals surface area contributed by atoms with Gasteiger partial charge in [-0.2, -0.15) is 11.3 Å². The second kappa shape index (κ2) is 13.7. The predicted molar refractivity (Wildman–Crippen MR) is 314 cm³/mol.